The molecule has 116 valence electrons. The molecule has 3 heteroatoms. The molecule has 0 saturated heterocycles. The van der Waals surface area contributed by atoms with Crippen LogP contribution in [0.5, 0.6) is 0 Å². The summed E-state index contributed by atoms with van der Waals surface area (Å²) < 4.78 is 13.7. The zero-order valence-corrected chi connectivity index (χ0v) is 13.7. The van der Waals surface area contributed by atoms with Gasteiger partial charge in [-0.1, -0.05) is 27.7 Å². The number of anilines is 1. The molecule has 1 aliphatic heterocycles. The maximum atomic E-state index is 13.7. The van der Waals surface area contributed by atoms with Crippen LogP contribution in [0.4, 0.5) is 10.1 Å². The van der Waals surface area contributed by atoms with Gasteiger partial charge in [-0.15, -0.1) is 0 Å². The summed E-state index contributed by atoms with van der Waals surface area (Å²) in [7, 11) is 1.79. The summed E-state index contributed by atoms with van der Waals surface area (Å²) in [4.78, 5) is 14.5. The van der Waals surface area contributed by atoms with Crippen molar-refractivity contribution in [3.63, 3.8) is 0 Å². The molecular weight excluding hydrogens is 265 g/mol. The van der Waals surface area contributed by atoms with Crippen molar-refractivity contribution < 1.29 is 9.18 Å². The number of fused-ring (bicyclic) bond motifs is 1. The molecule has 0 N–H and O–H groups in total. The van der Waals surface area contributed by atoms with Gasteiger partial charge in [0.25, 0.3) is 0 Å². The molecule has 0 aliphatic carbocycles. The van der Waals surface area contributed by atoms with Crippen molar-refractivity contribution in [1.82, 2.24) is 0 Å². The van der Waals surface area contributed by atoms with Crippen LogP contribution in [0.1, 0.15) is 52.5 Å². The third kappa shape index (κ3) is 2.58. The lowest BCUT2D eigenvalue weighted by molar-refractivity contribution is -0.123. The Bertz CT molecular complexity index is 540. The SMILES string of the molecule is CCC1(CCC(C)C(C)C)C(=O)N(C)c2ccc(F)cc21. The molecule has 0 fully saturated rings. The Morgan fingerprint density at radius 3 is 2.52 bits per heavy atom. The van der Waals surface area contributed by atoms with Crippen LogP contribution in [0.15, 0.2) is 18.2 Å². The molecule has 2 rings (SSSR count). The van der Waals surface area contributed by atoms with E-state index in [9.17, 15) is 9.18 Å². The van der Waals surface area contributed by atoms with Crippen LogP contribution >= 0.6 is 0 Å². The van der Waals surface area contributed by atoms with E-state index >= 15 is 0 Å². The lowest BCUT2D eigenvalue weighted by Crippen LogP contribution is -2.38. The second kappa shape index (κ2) is 5.78. The first-order chi connectivity index (χ1) is 9.83. The fraction of sp³-hybridized carbons (Fsp3) is 0.611. The van der Waals surface area contributed by atoms with Crippen LogP contribution in [0.25, 0.3) is 0 Å². The molecule has 21 heavy (non-hydrogen) atoms. The second-order valence-electron chi connectivity index (χ2n) is 6.72. The monoisotopic (exact) mass is 291 g/mol. The van der Waals surface area contributed by atoms with E-state index in [1.54, 1.807) is 24.1 Å². The highest BCUT2D eigenvalue weighted by atomic mass is 19.1. The molecular formula is C18H26FNO. The van der Waals surface area contributed by atoms with Crippen LogP contribution in [0.3, 0.4) is 0 Å². The van der Waals surface area contributed by atoms with Gasteiger partial charge in [0.05, 0.1) is 5.41 Å². The first-order valence-corrected chi connectivity index (χ1v) is 7.91. The maximum Gasteiger partial charge on any atom is 0.237 e. The highest BCUT2D eigenvalue weighted by molar-refractivity contribution is 6.07. The Labute approximate surface area is 127 Å². The first kappa shape index (κ1) is 16.0. The molecule has 1 aliphatic rings. The number of hydrogen-bond acceptors (Lipinski definition) is 1. The van der Waals surface area contributed by atoms with Crippen LogP contribution in [0.2, 0.25) is 0 Å². The average Bonchev–Trinajstić information content (AvgIpc) is 2.66. The number of likely N-dealkylation sites (N-methyl/N-ethyl adjacent to an activating group) is 1. The van der Waals surface area contributed by atoms with Crippen LogP contribution in [-0.2, 0) is 10.2 Å². The molecule has 1 heterocycles. The molecule has 1 aromatic rings. The largest absolute Gasteiger partial charge is 0.314 e. The Kier molecular flexibility index (Phi) is 4.40. The van der Waals surface area contributed by atoms with Crippen molar-refractivity contribution >= 4 is 11.6 Å². The van der Waals surface area contributed by atoms with Crippen molar-refractivity contribution in [3.8, 4) is 0 Å². The van der Waals surface area contributed by atoms with Crippen LogP contribution in [-0.4, -0.2) is 13.0 Å². The molecule has 1 amide bonds. The Hall–Kier alpha value is -1.38. The number of hydrogen-bond donors (Lipinski definition) is 0. The number of benzene rings is 1. The number of halogens is 1. The van der Waals surface area contributed by atoms with Crippen molar-refractivity contribution in [3.05, 3.63) is 29.6 Å². The minimum absolute atomic E-state index is 0.113. The van der Waals surface area contributed by atoms with Crippen LogP contribution in [0, 0.1) is 17.7 Å². The van der Waals surface area contributed by atoms with Gasteiger partial charge in [-0.25, -0.2) is 4.39 Å². The summed E-state index contributed by atoms with van der Waals surface area (Å²) in [5.41, 5.74) is 1.18. The standard InChI is InChI=1S/C18H26FNO/c1-6-18(10-9-13(4)12(2)3)15-11-14(19)7-8-16(15)20(5)17(18)21/h7-8,11-13H,6,9-10H2,1-5H3. The molecule has 0 spiro atoms. The molecule has 2 unspecified atom stereocenters. The van der Waals surface area contributed by atoms with Gasteiger partial charge in [0.2, 0.25) is 5.91 Å². The smallest absolute Gasteiger partial charge is 0.237 e. The Morgan fingerprint density at radius 2 is 1.95 bits per heavy atom. The molecule has 2 atom stereocenters. The lowest BCUT2D eigenvalue weighted by Gasteiger charge is -2.29. The molecule has 0 bridgehead atoms. The van der Waals surface area contributed by atoms with E-state index < -0.39 is 5.41 Å². The van der Waals surface area contributed by atoms with Crippen LogP contribution < -0.4 is 4.90 Å². The number of carbonyl (C=O) groups excluding carboxylic acids is 1. The third-order valence-electron chi connectivity index (χ3n) is 5.32. The quantitative estimate of drug-likeness (QED) is 0.781. The zero-order valence-electron chi connectivity index (χ0n) is 13.7. The number of amides is 1. The van der Waals surface area contributed by atoms with Gasteiger partial charge in [0, 0.05) is 12.7 Å². The summed E-state index contributed by atoms with van der Waals surface area (Å²) in [6.07, 6.45) is 2.50. The topological polar surface area (TPSA) is 20.3 Å². The van der Waals surface area contributed by atoms with Crippen molar-refractivity contribution in [1.29, 1.82) is 0 Å². The van der Waals surface area contributed by atoms with E-state index in [0.717, 1.165) is 30.5 Å². The number of rotatable bonds is 5. The van der Waals surface area contributed by atoms with Gasteiger partial charge in [0.15, 0.2) is 0 Å². The summed E-state index contributed by atoms with van der Waals surface area (Å²) in [5.74, 6) is 1.01. The Balaban J connectivity index is 2.39. The predicted molar refractivity (Wildman–Crippen MR) is 85.0 cm³/mol. The summed E-state index contributed by atoms with van der Waals surface area (Å²) in [6, 6.07) is 4.72. The normalized spacial score (nSPS) is 22.8. The van der Waals surface area contributed by atoms with Crippen molar-refractivity contribution in [2.75, 3.05) is 11.9 Å². The van der Waals surface area contributed by atoms with Gasteiger partial charge in [0.1, 0.15) is 5.82 Å². The highest BCUT2D eigenvalue weighted by Gasteiger charge is 2.48. The zero-order chi connectivity index (χ0) is 15.8. The van der Waals surface area contributed by atoms with Gasteiger partial charge in [-0.2, -0.15) is 0 Å². The minimum atomic E-state index is -0.546. The van der Waals surface area contributed by atoms with Gasteiger partial charge in [-0.3, -0.25) is 4.79 Å². The maximum absolute atomic E-state index is 13.7. The molecule has 0 saturated carbocycles. The molecule has 1 aromatic carbocycles. The van der Waals surface area contributed by atoms with E-state index in [2.05, 4.69) is 20.8 Å². The summed E-state index contributed by atoms with van der Waals surface area (Å²) in [5, 5.41) is 0. The van der Waals surface area contributed by atoms with Gasteiger partial charge >= 0.3 is 0 Å². The van der Waals surface area contributed by atoms with E-state index in [1.807, 2.05) is 6.92 Å². The average molecular weight is 291 g/mol. The molecule has 0 radical (unpaired) electrons. The number of carbonyl (C=O) groups is 1. The van der Waals surface area contributed by atoms with E-state index in [-0.39, 0.29) is 11.7 Å². The van der Waals surface area contributed by atoms with E-state index in [0.29, 0.717) is 11.8 Å². The fourth-order valence-electron chi connectivity index (χ4n) is 3.30. The number of nitrogens with zero attached hydrogens (tertiary/aromatic N) is 1. The Morgan fingerprint density at radius 1 is 1.29 bits per heavy atom. The minimum Gasteiger partial charge on any atom is -0.314 e. The third-order valence-corrected chi connectivity index (χ3v) is 5.32. The second-order valence-corrected chi connectivity index (χ2v) is 6.72. The summed E-state index contributed by atoms with van der Waals surface area (Å²) in [6.45, 7) is 8.68. The lowest BCUT2D eigenvalue weighted by atomic mass is 9.73. The van der Waals surface area contributed by atoms with E-state index in [1.165, 1.54) is 6.07 Å². The predicted octanol–water partition coefficient (Wildman–Crippen LogP) is 4.52. The van der Waals surface area contributed by atoms with Gasteiger partial charge < -0.3 is 4.90 Å². The van der Waals surface area contributed by atoms with Gasteiger partial charge in [-0.05, 0) is 54.9 Å². The summed E-state index contributed by atoms with van der Waals surface area (Å²) >= 11 is 0. The van der Waals surface area contributed by atoms with Crippen molar-refractivity contribution in [2.45, 2.75) is 52.4 Å². The highest BCUT2D eigenvalue weighted by Crippen LogP contribution is 2.47. The first-order valence-electron chi connectivity index (χ1n) is 7.91. The van der Waals surface area contributed by atoms with E-state index in [4.69, 9.17) is 0 Å². The van der Waals surface area contributed by atoms with Crippen molar-refractivity contribution in [2.24, 2.45) is 11.8 Å². The fourth-order valence-corrected chi connectivity index (χ4v) is 3.30. The molecule has 0 aromatic heterocycles. The molecule has 2 nitrogen and oxygen atoms in total.